The number of benzene rings is 2. The molecule has 0 amide bonds. The highest BCUT2D eigenvalue weighted by Crippen LogP contribution is 2.33. The quantitative estimate of drug-likeness (QED) is 0.460. The lowest BCUT2D eigenvalue weighted by molar-refractivity contribution is 0.153. The van der Waals surface area contributed by atoms with Gasteiger partial charge in [-0.15, -0.1) is 0 Å². The third-order valence-electron chi connectivity index (χ3n) is 4.28. The van der Waals surface area contributed by atoms with Gasteiger partial charge in [0.15, 0.2) is 0 Å². The number of fused-ring (bicyclic) bond motifs is 1. The number of nitrogens with zero attached hydrogens (tertiary/aromatic N) is 2. The van der Waals surface area contributed by atoms with Crippen molar-refractivity contribution in [2.75, 3.05) is 39.5 Å². The van der Waals surface area contributed by atoms with E-state index in [-0.39, 0.29) is 13.2 Å². The van der Waals surface area contributed by atoms with Crippen LogP contribution in [0.3, 0.4) is 0 Å². The summed E-state index contributed by atoms with van der Waals surface area (Å²) in [7, 11) is 0. The Morgan fingerprint density at radius 3 is 2.44 bits per heavy atom. The van der Waals surface area contributed by atoms with Gasteiger partial charge < -0.3 is 14.9 Å². The summed E-state index contributed by atoms with van der Waals surface area (Å²) in [6.45, 7) is 2.74. The molecule has 0 radical (unpaired) electrons. The summed E-state index contributed by atoms with van der Waals surface area (Å²) in [4.78, 5) is 2.03. The van der Waals surface area contributed by atoms with Crippen LogP contribution in [0.15, 0.2) is 46.9 Å². The fraction of sp³-hybridized carbons (Fsp3) is 0.350. The Balaban J connectivity index is 1.60. The number of hydrogen-bond donors (Lipinski definition) is 2. The average Bonchev–Trinajstić information content (AvgIpc) is 3.09. The second-order valence-corrected chi connectivity index (χ2v) is 7.91. The smallest absolute Gasteiger partial charge is 0.120 e. The van der Waals surface area contributed by atoms with Crippen LogP contribution in [0.1, 0.15) is 6.42 Å². The van der Waals surface area contributed by atoms with Crippen molar-refractivity contribution in [2.24, 2.45) is 0 Å². The number of halogens is 1. The van der Waals surface area contributed by atoms with Crippen LogP contribution in [-0.2, 0) is 0 Å². The largest absolute Gasteiger partial charge is 0.493 e. The molecular formula is C20H23BrN2O3S. The average molecular weight is 451 g/mol. The maximum absolute atomic E-state index is 9.03. The van der Waals surface area contributed by atoms with Crippen LogP contribution in [0.25, 0.3) is 21.3 Å². The van der Waals surface area contributed by atoms with Crippen molar-refractivity contribution >= 4 is 37.5 Å². The van der Waals surface area contributed by atoms with Gasteiger partial charge in [0, 0.05) is 35.1 Å². The van der Waals surface area contributed by atoms with Gasteiger partial charge in [-0.3, -0.25) is 4.90 Å². The first-order chi connectivity index (χ1) is 13.2. The third kappa shape index (κ3) is 5.49. The van der Waals surface area contributed by atoms with E-state index in [0.717, 1.165) is 44.5 Å². The lowest BCUT2D eigenvalue weighted by atomic mass is 10.1. The van der Waals surface area contributed by atoms with Crippen molar-refractivity contribution < 1.29 is 14.9 Å². The second-order valence-electron chi connectivity index (χ2n) is 6.19. The van der Waals surface area contributed by atoms with Gasteiger partial charge in [0.2, 0.25) is 0 Å². The molecule has 3 rings (SSSR count). The predicted octanol–water partition coefficient (Wildman–Crippen LogP) is 3.78. The third-order valence-corrected chi connectivity index (χ3v) is 5.62. The minimum atomic E-state index is 0.101. The molecule has 0 saturated carbocycles. The highest BCUT2D eigenvalue weighted by atomic mass is 79.9. The molecule has 27 heavy (non-hydrogen) atoms. The Morgan fingerprint density at radius 2 is 1.74 bits per heavy atom. The van der Waals surface area contributed by atoms with Crippen LogP contribution in [0.5, 0.6) is 5.75 Å². The molecule has 0 atom stereocenters. The number of ether oxygens (including phenoxy) is 1. The molecule has 2 aromatic carbocycles. The Labute approximate surface area is 171 Å². The second kappa shape index (κ2) is 10.1. The van der Waals surface area contributed by atoms with Gasteiger partial charge in [-0.2, -0.15) is 4.37 Å². The van der Waals surface area contributed by atoms with Gasteiger partial charge in [-0.1, -0.05) is 28.1 Å². The molecule has 144 valence electrons. The molecule has 1 aromatic heterocycles. The maximum atomic E-state index is 9.03. The SMILES string of the molecule is OCCN(CCO)CCCOc1ccc2c(-c3ccc(Br)cc3)nsc2c1. The molecule has 0 aliphatic carbocycles. The predicted molar refractivity (Wildman–Crippen MR) is 113 cm³/mol. The molecule has 0 bridgehead atoms. The number of aliphatic hydroxyl groups is 2. The van der Waals surface area contributed by atoms with Crippen LogP contribution >= 0.6 is 27.5 Å². The van der Waals surface area contributed by atoms with Gasteiger partial charge in [-0.25, -0.2) is 0 Å². The van der Waals surface area contributed by atoms with Crippen LogP contribution in [0, 0.1) is 0 Å². The molecule has 0 aliphatic rings. The van der Waals surface area contributed by atoms with E-state index in [1.165, 1.54) is 11.5 Å². The number of hydrogen-bond acceptors (Lipinski definition) is 6. The summed E-state index contributed by atoms with van der Waals surface area (Å²) in [6, 6.07) is 14.3. The topological polar surface area (TPSA) is 65.8 Å². The molecule has 3 aromatic rings. The zero-order valence-corrected chi connectivity index (χ0v) is 17.4. The number of aromatic nitrogens is 1. The van der Waals surface area contributed by atoms with E-state index in [2.05, 4.69) is 38.5 Å². The van der Waals surface area contributed by atoms with E-state index in [4.69, 9.17) is 14.9 Å². The summed E-state index contributed by atoms with van der Waals surface area (Å²) in [5.41, 5.74) is 2.10. The molecule has 5 nitrogen and oxygen atoms in total. The summed E-state index contributed by atoms with van der Waals surface area (Å²) < 4.78 is 12.6. The summed E-state index contributed by atoms with van der Waals surface area (Å²) in [5, 5.41) is 19.2. The standard InChI is InChI=1S/C20H23BrN2O3S/c21-16-4-2-15(3-5-16)20-18-7-6-17(14-19(18)27-22-20)26-13-1-8-23(9-11-24)10-12-25/h2-7,14,24-25H,1,8-13H2. The number of aliphatic hydroxyl groups excluding tert-OH is 2. The maximum Gasteiger partial charge on any atom is 0.120 e. The van der Waals surface area contributed by atoms with E-state index in [1.54, 1.807) is 0 Å². The Morgan fingerprint density at radius 1 is 1.00 bits per heavy atom. The summed E-state index contributed by atoms with van der Waals surface area (Å²) >= 11 is 4.94. The zero-order chi connectivity index (χ0) is 19.1. The zero-order valence-electron chi connectivity index (χ0n) is 15.0. The van der Waals surface area contributed by atoms with E-state index in [9.17, 15) is 0 Å². The summed E-state index contributed by atoms with van der Waals surface area (Å²) in [6.07, 6.45) is 0.838. The van der Waals surface area contributed by atoms with Gasteiger partial charge in [0.1, 0.15) is 5.75 Å². The van der Waals surface area contributed by atoms with Crippen LogP contribution in [0.2, 0.25) is 0 Å². The molecule has 0 unspecified atom stereocenters. The molecular weight excluding hydrogens is 428 g/mol. The van der Waals surface area contributed by atoms with Crippen molar-refractivity contribution in [2.45, 2.75) is 6.42 Å². The van der Waals surface area contributed by atoms with Crippen molar-refractivity contribution in [1.82, 2.24) is 9.27 Å². The van der Waals surface area contributed by atoms with E-state index >= 15 is 0 Å². The Hall–Kier alpha value is -1.51. The molecule has 0 aliphatic heterocycles. The lowest BCUT2D eigenvalue weighted by Crippen LogP contribution is -2.31. The molecule has 1 heterocycles. The van der Waals surface area contributed by atoms with Crippen LogP contribution < -0.4 is 4.74 Å². The Kier molecular flexibility index (Phi) is 7.60. The number of rotatable bonds is 10. The highest BCUT2D eigenvalue weighted by molar-refractivity contribution is 9.10. The fourth-order valence-corrected chi connectivity index (χ4v) is 4.01. The van der Waals surface area contributed by atoms with E-state index in [0.29, 0.717) is 19.7 Å². The highest BCUT2D eigenvalue weighted by Gasteiger charge is 2.10. The first kappa shape index (κ1) is 20.2. The van der Waals surface area contributed by atoms with Crippen molar-refractivity contribution in [3.8, 4) is 17.0 Å². The van der Waals surface area contributed by atoms with Crippen molar-refractivity contribution in [3.05, 3.63) is 46.9 Å². The molecule has 0 saturated heterocycles. The monoisotopic (exact) mass is 450 g/mol. The van der Waals surface area contributed by atoms with E-state index in [1.807, 2.05) is 29.2 Å². The van der Waals surface area contributed by atoms with Gasteiger partial charge in [0.25, 0.3) is 0 Å². The van der Waals surface area contributed by atoms with Crippen LogP contribution in [-0.4, -0.2) is 58.9 Å². The van der Waals surface area contributed by atoms with Gasteiger partial charge in [0.05, 0.1) is 30.2 Å². The van der Waals surface area contributed by atoms with Crippen LogP contribution in [0.4, 0.5) is 0 Å². The van der Waals surface area contributed by atoms with E-state index < -0.39 is 0 Å². The minimum Gasteiger partial charge on any atom is -0.493 e. The van der Waals surface area contributed by atoms with Gasteiger partial charge in [-0.05, 0) is 48.3 Å². The normalized spacial score (nSPS) is 11.4. The van der Waals surface area contributed by atoms with Crippen molar-refractivity contribution in [1.29, 1.82) is 0 Å². The van der Waals surface area contributed by atoms with Gasteiger partial charge >= 0.3 is 0 Å². The summed E-state index contributed by atoms with van der Waals surface area (Å²) in [5.74, 6) is 0.837. The first-order valence-electron chi connectivity index (χ1n) is 8.93. The van der Waals surface area contributed by atoms with Crippen molar-refractivity contribution in [3.63, 3.8) is 0 Å². The molecule has 2 N–H and O–H groups in total. The first-order valence-corrected chi connectivity index (χ1v) is 10.5. The fourth-order valence-electron chi connectivity index (χ4n) is 2.92. The Bertz CT molecular complexity index is 848. The lowest BCUT2D eigenvalue weighted by Gasteiger charge is -2.19. The minimum absolute atomic E-state index is 0.101. The molecule has 7 heteroatoms. The molecule has 0 spiro atoms. The molecule has 0 fully saturated rings.